The number of anilines is 1. The van der Waals surface area contributed by atoms with Gasteiger partial charge in [0.25, 0.3) is 0 Å². The van der Waals surface area contributed by atoms with Gasteiger partial charge in [-0.05, 0) is 24.6 Å². The number of aryl methyl sites for hydroxylation is 1. The molecule has 0 unspecified atom stereocenters. The minimum atomic E-state index is -0.185. The molecule has 3 rings (SSSR count). The van der Waals surface area contributed by atoms with Crippen molar-refractivity contribution in [3.63, 3.8) is 0 Å². The Kier molecular flexibility index (Phi) is 6.78. The number of nitrogens with zero attached hydrogens (tertiary/aromatic N) is 4. The van der Waals surface area contributed by atoms with E-state index in [4.69, 9.17) is 9.15 Å². The van der Waals surface area contributed by atoms with Crippen LogP contribution in [-0.4, -0.2) is 58.9 Å². The van der Waals surface area contributed by atoms with Crippen LogP contribution in [0.5, 0.6) is 0 Å². The lowest BCUT2D eigenvalue weighted by Gasteiger charge is -2.26. The van der Waals surface area contributed by atoms with Crippen LogP contribution in [0, 0.1) is 0 Å². The van der Waals surface area contributed by atoms with Crippen molar-refractivity contribution < 1.29 is 13.9 Å². The summed E-state index contributed by atoms with van der Waals surface area (Å²) in [5.74, 6) is 1.03. The Bertz CT molecular complexity index is 725. The predicted molar refractivity (Wildman–Crippen MR) is 101 cm³/mol. The molecule has 0 bridgehead atoms. The number of amides is 2. The van der Waals surface area contributed by atoms with Gasteiger partial charge in [0.15, 0.2) is 0 Å². The fourth-order valence-corrected chi connectivity index (χ4v) is 2.90. The van der Waals surface area contributed by atoms with Crippen LogP contribution in [0.2, 0.25) is 0 Å². The Balaban J connectivity index is 1.53. The first-order valence-electron chi connectivity index (χ1n) is 9.44. The molecule has 1 N–H and O–H groups in total. The Morgan fingerprint density at radius 1 is 1.15 bits per heavy atom. The Morgan fingerprint density at radius 2 is 1.85 bits per heavy atom. The Hall–Kier alpha value is -2.45. The molecule has 0 aliphatic carbocycles. The molecule has 2 aromatic rings. The van der Waals surface area contributed by atoms with Gasteiger partial charge in [0.05, 0.1) is 13.2 Å². The van der Waals surface area contributed by atoms with E-state index in [9.17, 15) is 4.79 Å². The number of morpholine rings is 1. The number of ether oxygens (including phenoxy) is 1. The van der Waals surface area contributed by atoms with Crippen LogP contribution >= 0.6 is 0 Å². The largest absolute Gasteiger partial charge is 0.423 e. The van der Waals surface area contributed by atoms with Gasteiger partial charge >= 0.3 is 6.03 Å². The third-order valence-corrected chi connectivity index (χ3v) is 4.52. The minimum Gasteiger partial charge on any atom is -0.423 e. The van der Waals surface area contributed by atoms with E-state index in [1.165, 1.54) is 5.56 Å². The molecule has 8 heteroatoms. The van der Waals surface area contributed by atoms with Crippen molar-refractivity contribution >= 4 is 11.7 Å². The summed E-state index contributed by atoms with van der Waals surface area (Å²) in [7, 11) is 0. The molecule has 0 radical (unpaired) electrons. The highest BCUT2D eigenvalue weighted by molar-refractivity contribution is 5.89. The second-order valence-corrected chi connectivity index (χ2v) is 6.47. The van der Waals surface area contributed by atoms with E-state index in [1.54, 1.807) is 4.90 Å². The van der Waals surface area contributed by atoms with Gasteiger partial charge in [-0.1, -0.05) is 19.1 Å². The molecule has 146 valence electrons. The van der Waals surface area contributed by atoms with Crippen molar-refractivity contribution in [2.45, 2.75) is 33.4 Å². The second kappa shape index (κ2) is 9.48. The molecule has 0 atom stereocenters. The monoisotopic (exact) mass is 373 g/mol. The summed E-state index contributed by atoms with van der Waals surface area (Å²) in [6, 6.07) is 7.78. The van der Waals surface area contributed by atoms with Gasteiger partial charge in [0, 0.05) is 38.3 Å². The SMILES string of the molecule is CCc1nnc(CN(CC)C(=O)Nc2ccc(CN3CCOCC3)cc2)o1. The summed E-state index contributed by atoms with van der Waals surface area (Å²) in [5.41, 5.74) is 1.99. The fraction of sp³-hybridized carbons (Fsp3) is 0.526. The van der Waals surface area contributed by atoms with E-state index >= 15 is 0 Å². The highest BCUT2D eigenvalue weighted by atomic mass is 16.5. The molecule has 1 aromatic heterocycles. The lowest BCUT2D eigenvalue weighted by atomic mass is 10.2. The van der Waals surface area contributed by atoms with E-state index in [2.05, 4.69) is 20.4 Å². The molecule has 1 aliphatic heterocycles. The number of carbonyl (C=O) groups is 1. The summed E-state index contributed by atoms with van der Waals surface area (Å²) in [5, 5.41) is 10.8. The van der Waals surface area contributed by atoms with Crippen molar-refractivity contribution in [2.24, 2.45) is 0 Å². The first-order chi connectivity index (χ1) is 13.2. The van der Waals surface area contributed by atoms with Crippen LogP contribution < -0.4 is 5.32 Å². The van der Waals surface area contributed by atoms with Crippen LogP contribution in [0.25, 0.3) is 0 Å². The fourth-order valence-electron chi connectivity index (χ4n) is 2.90. The van der Waals surface area contributed by atoms with Crippen LogP contribution in [0.3, 0.4) is 0 Å². The number of hydrogen-bond donors (Lipinski definition) is 1. The molecular formula is C19H27N5O3. The lowest BCUT2D eigenvalue weighted by molar-refractivity contribution is 0.0342. The topological polar surface area (TPSA) is 83.7 Å². The van der Waals surface area contributed by atoms with Crippen LogP contribution in [0.4, 0.5) is 10.5 Å². The lowest BCUT2D eigenvalue weighted by Crippen LogP contribution is -2.35. The first kappa shape index (κ1) is 19.3. The summed E-state index contributed by atoms with van der Waals surface area (Å²) in [6.45, 7) is 9.11. The summed E-state index contributed by atoms with van der Waals surface area (Å²) >= 11 is 0. The van der Waals surface area contributed by atoms with E-state index < -0.39 is 0 Å². The zero-order chi connectivity index (χ0) is 19.1. The van der Waals surface area contributed by atoms with Crippen molar-refractivity contribution in [1.82, 2.24) is 20.0 Å². The number of aromatic nitrogens is 2. The average Bonchev–Trinajstić information content (AvgIpc) is 3.16. The summed E-state index contributed by atoms with van der Waals surface area (Å²) in [4.78, 5) is 16.5. The van der Waals surface area contributed by atoms with E-state index in [1.807, 2.05) is 38.1 Å². The van der Waals surface area contributed by atoms with Gasteiger partial charge in [-0.25, -0.2) is 4.79 Å². The molecule has 2 amide bonds. The Labute approximate surface area is 159 Å². The zero-order valence-corrected chi connectivity index (χ0v) is 16.0. The number of benzene rings is 1. The maximum absolute atomic E-state index is 12.5. The summed E-state index contributed by atoms with van der Waals surface area (Å²) < 4.78 is 10.9. The van der Waals surface area contributed by atoms with Gasteiger partial charge in [0.1, 0.15) is 6.54 Å². The molecule has 1 aromatic carbocycles. The van der Waals surface area contributed by atoms with Gasteiger partial charge < -0.3 is 19.4 Å². The van der Waals surface area contributed by atoms with Crippen LogP contribution in [0.1, 0.15) is 31.2 Å². The predicted octanol–water partition coefficient (Wildman–Crippen LogP) is 2.52. The number of nitrogens with one attached hydrogen (secondary N) is 1. The van der Waals surface area contributed by atoms with E-state index in [0.717, 1.165) is 38.5 Å². The number of rotatable bonds is 7. The standard InChI is InChI=1S/C19H27N5O3/c1-3-17-21-22-18(27-17)14-24(4-2)19(25)20-16-7-5-15(6-8-16)13-23-9-11-26-12-10-23/h5-8H,3-4,9-14H2,1-2H3,(H,20,25). The number of urea groups is 1. The maximum atomic E-state index is 12.5. The molecule has 0 saturated carbocycles. The van der Waals surface area contributed by atoms with Gasteiger partial charge in [-0.15, -0.1) is 10.2 Å². The molecule has 1 fully saturated rings. The highest BCUT2D eigenvalue weighted by Crippen LogP contribution is 2.14. The van der Waals surface area contributed by atoms with Gasteiger partial charge in [0.2, 0.25) is 11.8 Å². The normalized spacial score (nSPS) is 14.9. The molecule has 27 heavy (non-hydrogen) atoms. The summed E-state index contributed by atoms with van der Waals surface area (Å²) in [6.07, 6.45) is 0.683. The van der Waals surface area contributed by atoms with Crippen molar-refractivity contribution in [3.05, 3.63) is 41.6 Å². The maximum Gasteiger partial charge on any atom is 0.322 e. The number of carbonyl (C=O) groups excluding carboxylic acids is 1. The molecule has 2 heterocycles. The molecule has 1 saturated heterocycles. The zero-order valence-electron chi connectivity index (χ0n) is 16.0. The smallest absolute Gasteiger partial charge is 0.322 e. The number of hydrogen-bond acceptors (Lipinski definition) is 6. The van der Waals surface area contributed by atoms with Gasteiger partial charge in [-0.3, -0.25) is 4.90 Å². The van der Waals surface area contributed by atoms with Crippen molar-refractivity contribution in [2.75, 3.05) is 38.2 Å². The third kappa shape index (κ3) is 5.51. The first-order valence-corrected chi connectivity index (χ1v) is 9.44. The molecular weight excluding hydrogens is 346 g/mol. The van der Waals surface area contributed by atoms with E-state index in [0.29, 0.717) is 31.3 Å². The highest BCUT2D eigenvalue weighted by Gasteiger charge is 2.16. The molecule has 1 aliphatic rings. The van der Waals surface area contributed by atoms with Crippen molar-refractivity contribution in [3.8, 4) is 0 Å². The Morgan fingerprint density at radius 3 is 2.48 bits per heavy atom. The van der Waals surface area contributed by atoms with Crippen LogP contribution in [-0.2, 0) is 24.2 Å². The average molecular weight is 373 g/mol. The molecule has 0 spiro atoms. The van der Waals surface area contributed by atoms with E-state index in [-0.39, 0.29) is 6.03 Å². The third-order valence-electron chi connectivity index (χ3n) is 4.52. The second-order valence-electron chi connectivity index (χ2n) is 6.47. The quantitative estimate of drug-likeness (QED) is 0.803. The molecule has 8 nitrogen and oxygen atoms in total. The van der Waals surface area contributed by atoms with Crippen LogP contribution in [0.15, 0.2) is 28.7 Å². The minimum absolute atomic E-state index is 0.185. The van der Waals surface area contributed by atoms with Gasteiger partial charge in [-0.2, -0.15) is 0 Å². The van der Waals surface area contributed by atoms with Crippen molar-refractivity contribution in [1.29, 1.82) is 0 Å².